The van der Waals surface area contributed by atoms with Gasteiger partial charge in [-0.15, -0.1) is 6.58 Å². The lowest BCUT2D eigenvalue weighted by molar-refractivity contribution is 0.625. The molecule has 25 heavy (non-hydrogen) atoms. The van der Waals surface area contributed by atoms with Crippen LogP contribution in [0.1, 0.15) is 16.7 Å². The molecule has 1 aliphatic heterocycles. The van der Waals surface area contributed by atoms with Crippen LogP contribution < -0.4 is 0 Å². The summed E-state index contributed by atoms with van der Waals surface area (Å²) in [5.41, 5.74) is 5.21. The molecular weight excluding hydrogens is 335 g/mol. The minimum absolute atomic E-state index is 0.282. The van der Waals surface area contributed by atoms with Crippen LogP contribution in [-0.4, -0.2) is 10.3 Å². The average Bonchev–Trinajstić information content (AvgIpc) is 2.93. The maximum absolute atomic E-state index is 14.4. The number of nitrogens with zero attached hydrogens (tertiary/aromatic N) is 2. The highest BCUT2D eigenvalue weighted by atomic mass is 35.5. The Morgan fingerprint density at radius 3 is 2.72 bits per heavy atom. The van der Waals surface area contributed by atoms with E-state index in [1.807, 2.05) is 30.3 Å². The zero-order valence-electron chi connectivity index (χ0n) is 13.5. The molecule has 0 radical (unpaired) electrons. The van der Waals surface area contributed by atoms with Gasteiger partial charge in [-0.25, -0.2) is 4.39 Å². The Morgan fingerprint density at radius 1 is 1.08 bits per heavy atom. The van der Waals surface area contributed by atoms with Gasteiger partial charge in [0.1, 0.15) is 5.82 Å². The molecule has 2 aromatic carbocycles. The predicted octanol–water partition coefficient (Wildman–Crippen LogP) is 5.48. The molecule has 0 unspecified atom stereocenters. The predicted molar refractivity (Wildman–Crippen MR) is 101 cm³/mol. The SMILES string of the molecule is C=CCn1cc2c(c1)-c1ccc(Cl)cc1C(c1ccccc1F)=NC2. The fourth-order valence-electron chi connectivity index (χ4n) is 3.26. The first-order chi connectivity index (χ1) is 12.2. The van der Waals surface area contributed by atoms with Crippen molar-refractivity contribution in [2.75, 3.05) is 0 Å². The van der Waals surface area contributed by atoms with Gasteiger partial charge in [0.05, 0.1) is 12.3 Å². The molecule has 0 bridgehead atoms. The number of rotatable bonds is 3. The molecule has 2 heterocycles. The first kappa shape index (κ1) is 15.9. The van der Waals surface area contributed by atoms with Crippen LogP contribution in [-0.2, 0) is 13.1 Å². The quantitative estimate of drug-likeness (QED) is 0.556. The van der Waals surface area contributed by atoms with Gasteiger partial charge in [0.15, 0.2) is 0 Å². The molecule has 1 aromatic heterocycles. The largest absolute Gasteiger partial charge is 0.350 e. The number of hydrogen-bond acceptors (Lipinski definition) is 1. The zero-order valence-corrected chi connectivity index (χ0v) is 14.3. The minimum Gasteiger partial charge on any atom is -0.350 e. The lowest BCUT2D eigenvalue weighted by Crippen LogP contribution is -2.07. The van der Waals surface area contributed by atoms with E-state index in [0.29, 0.717) is 22.8 Å². The molecule has 4 rings (SSSR count). The van der Waals surface area contributed by atoms with Crippen molar-refractivity contribution in [1.82, 2.24) is 4.57 Å². The van der Waals surface area contributed by atoms with Crippen LogP contribution in [0.2, 0.25) is 5.02 Å². The molecule has 0 saturated carbocycles. The molecule has 0 atom stereocenters. The van der Waals surface area contributed by atoms with E-state index < -0.39 is 0 Å². The molecule has 3 aromatic rings. The van der Waals surface area contributed by atoms with Crippen LogP contribution in [0.4, 0.5) is 4.39 Å². The maximum Gasteiger partial charge on any atom is 0.132 e. The van der Waals surface area contributed by atoms with Gasteiger partial charge in [0.2, 0.25) is 0 Å². The van der Waals surface area contributed by atoms with Crippen LogP contribution in [0.3, 0.4) is 0 Å². The van der Waals surface area contributed by atoms with Gasteiger partial charge >= 0.3 is 0 Å². The molecule has 0 N–H and O–H groups in total. The molecule has 0 spiro atoms. The second-order valence-corrected chi connectivity index (χ2v) is 6.45. The Balaban J connectivity index is 1.95. The summed E-state index contributed by atoms with van der Waals surface area (Å²) in [6, 6.07) is 12.4. The monoisotopic (exact) mass is 350 g/mol. The maximum atomic E-state index is 14.4. The Bertz CT molecular complexity index is 1000. The Labute approximate surface area is 150 Å². The molecule has 0 amide bonds. The first-order valence-corrected chi connectivity index (χ1v) is 8.44. The average molecular weight is 351 g/mol. The third kappa shape index (κ3) is 2.81. The normalized spacial score (nSPS) is 12.8. The Hall–Kier alpha value is -2.65. The molecule has 124 valence electrons. The number of aromatic nitrogens is 1. The number of hydrogen-bond donors (Lipinski definition) is 0. The van der Waals surface area contributed by atoms with E-state index in [-0.39, 0.29) is 5.82 Å². The number of halogens is 2. The number of allylic oxidation sites excluding steroid dienone is 1. The highest BCUT2D eigenvalue weighted by Crippen LogP contribution is 2.35. The summed E-state index contributed by atoms with van der Waals surface area (Å²) < 4.78 is 16.5. The Kier molecular flexibility index (Phi) is 4.02. The summed E-state index contributed by atoms with van der Waals surface area (Å²) in [5.74, 6) is -0.282. The van der Waals surface area contributed by atoms with Gasteiger partial charge in [-0.2, -0.15) is 0 Å². The lowest BCUT2D eigenvalue weighted by atomic mass is 9.94. The van der Waals surface area contributed by atoms with Crippen LogP contribution >= 0.6 is 11.6 Å². The van der Waals surface area contributed by atoms with Gasteiger partial charge in [0.25, 0.3) is 0 Å². The van der Waals surface area contributed by atoms with Crippen molar-refractivity contribution in [3.8, 4) is 11.1 Å². The number of benzene rings is 2. The van der Waals surface area contributed by atoms with Crippen molar-refractivity contribution in [2.24, 2.45) is 4.99 Å². The summed E-state index contributed by atoms with van der Waals surface area (Å²) in [4.78, 5) is 4.73. The molecule has 2 nitrogen and oxygen atoms in total. The number of fused-ring (bicyclic) bond motifs is 3. The van der Waals surface area contributed by atoms with Crippen molar-refractivity contribution in [2.45, 2.75) is 13.1 Å². The van der Waals surface area contributed by atoms with E-state index in [1.54, 1.807) is 12.1 Å². The summed E-state index contributed by atoms with van der Waals surface area (Å²) in [7, 11) is 0. The molecule has 1 aliphatic rings. The smallest absolute Gasteiger partial charge is 0.132 e. The van der Waals surface area contributed by atoms with E-state index in [0.717, 1.165) is 28.8 Å². The van der Waals surface area contributed by atoms with Gasteiger partial charge < -0.3 is 4.57 Å². The van der Waals surface area contributed by atoms with Crippen LogP contribution in [0.25, 0.3) is 11.1 Å². The van der Waals surface area contributed by atoms with Crippen LogP contribution in [0.15, 0.2) is 72.5 Å². The van der Waals surface area contributed by atoms with E-state index in [1.165, 1.54) is 6.07 Å². The van der Waals surface area contributed by atoms with Crippen LogP contribution in [0.5, 0.6) is 0 Å². The van der Waals surface area contributed by atoms with E-state index in [4.69, 9.17) is 16.6 Å². The van der Waals surface area contributed by atoms with Crippen LogP contribution in [0, 0.1) is 5.82 Å². The topological polar surface area (TPSA) is 17.3 Å². The van der Waals surface area contributed by atoms with Gasteiger partial charge in [-0.3, -0.25) is 4.99 Å². The van der Waals surface area contributed by atoms with Crippen molar-refractivity contribution < 1.29 is 4.39 Å². The summed E-state index contributed by atoms with van der Waals surface area (Å²) in [5, 5.41) is 0.608. The van der Waals surface area contributed by atoms with Gasteiger partial charge in [-0.05, 0) is 35.4 Å². The van der Waals surface area contributed by atoms with E-state index in [9.17, 15) is 4.39 Å². The lowest BCUT2D eigenvalue weighted by Gasteiger charge is -2.12. The zero-order chi connectivity index (χ0) is 17.4. The van der Waals surface area contributed by atoms with Crippen molar-refractivity contribution in [1.29, 1.82) is 0 Å². The molecule has 0 fully saturated rings. The highest BCUT2D eigenvalue weighted by molar-refractivity contribution is 6.31. The second-order valence-electron chi connectivity index (χ2n) is 6.02. The van der Waals surface area contributed by atoms with Crippen molar-refractivity contribution >= 4 is 17.3 Å². The second kappa shape index (κ2) is 6.34. The van der Waals surface area contributed by atoms with E-state index in [2.05, 4.69) is 23.5 Å². The molecule has 0 saturated heterocycles. The van der Waals surface area contributed by atoms with Crippen molar-refractivity contribution in [3.63, 3.8) is 0 Å². The third-order valence-electron chi connectivity index (χ3n) is 4.37. The minimum atomic E-state index is -0.282. The standard InChI is InChI=1S/C21H16ClFN2/c1-2-9-25-12-14-11-24-21(17-5-3-4-6-20(17)23)18-10-15(22)7-8-16(18)19(14)13-25/h2-8,10,12-13H,1,9,11H2. The Morgan fingerprint density at radius 2 is 1.92 bits per heavy atom. The van der Waals surface area contributed by atoms with E-state index >= 15 is 0 Å². The third-order valence-corrected chi connectivity index (χ3v) is 4.60. The van der Waals surface area contributed by atoms with Crippen molar-refractivity contribution in [3.05, 3.63) is 95.0 Å². The summed E-state index contributed by atoms with van der Waals surface area (Å²) in [6.07, 6.45) is 6.02. The number of aliphatic imine (C=N–C) groups is 1. The fraction of sp³-hybridized carbons (Fsp3) is 0.0952. The first-order valence-electron chi connectivity index (χ1n) is 8.06. The molecular formula is C21H16ClFN2. The highest BCUT2D eigenvalue weighted by Gasteiger charge is 2.22. The molecule has 0 aliphatic carbocycles. The fourth-order valence-corrected chi connectivity index (χ4v) is 3.43. The van der Waals surface area contributed by atoms with Gasteiger partial charge in [-0.1, -0.05) is 35.9 Å². The summed E-state index contributed by atoms with van der Waals surface area (Å²) in [6.45, 7) is 5.02. The summed E-state index contributed by atoms with van der Waals surface area (Å²) >= 11 is 6.24. The van der Waals surface area contributed by atoms with Gasteiger partial charge in [0, 0.05) is 40.7 Å². The molecule has 4 heteroatoms.